The summed E-state index contributed by atoms with van der Waals surface area (Å²) in [7, 11) is 0. The Bertz CT molecular complexity index is 121. The number of hydrogen-bond donors (Lipinski definition) is 0. The second-order valence-electron chi connectivity index (χ2n) is 5.47. The van der Waals surface area contributed by atoms with Gasteiger partial charge in [0.25, 0.3) is 0 Å². The van der Waals surface area contributed by atoms with Gasteiger partial charge in [-0.3, -0.25) is 0 Å². The van der Waals surface area contributed by atoms with Crippen LogP contribution < -0.4 is 0 Å². The van der Waals surface area contributed by atoms with Crippen molar-refractivity contribution in [2.45, 2.75) is 47.5 Å². The molecule has 0 N–H and O–H groups in total. The van der Waals surface area contributed by atoms with Gasteiger partial charge in [0.15, 0.2) is 0 Å². The van der Waals surface area contributed by atoms with Crippen LogP contribution in [0.25, 0.3) is 0 Å². The molecule has 0 aliphatic heterocycles. The lowest BCUT2D eigenvalue weighted by molar-refractivity contribution is 0.152. The van der Waals surface area contributed by atoms with Crippen LogP contribution in [0, 0.1) is 23.2 Å². The summed E-state index contributed by atoms with van der Waals surface area (Å²) in [6.45, 7) is 11.9. The molecule has 1 aliphatic carbocycles. The summed E-state index contributed by atoms with van der Waals surface area (Å²) in [4.78, 5) is 0. The van der Waals surface area contributed by atoms with E-state index in [1.165, 1.54) is 12.8 Å². The lowest BCUT2D eigenvalue weighted by atomic mass is 9.71. The highest BCUT2D eigenvalue weighted by Crippen LogP contribution is 2.48. The van der Waals surface area contributed by atoms with Gasteiger partial charge in [-0.1, -0.05) is 34.6 Å². The Hall–Kier alpha value is 0. The third-order valence-electron chi connectivity index (χ3n) is 2.85. The van der Waals surface area contributed by atoms with Gasteiger partial charge in [0.2, 0.25) is 0 Å². The first kappa shape index (κ1) is 9.09. The van der Waals surface area contributed by atoms with Gasteiger partial charge < -0.3 is 0 Å². The van der Waals surface area contributed by atoms with E-state index < -0.39 is 0 Å². The maximum atomic E-state index is 2.38. The second-order valence-corrected chi connectivity index (χ2v) is 5.47. The third-order valence-corrected chi connectivity index (χ3v) is 2.85. The molecule has 0 saturated heterocycles. The molecule has 1 atom stereocenters. The smallest absolute Gasteiger partial charge is 0.0314 e. The van der Waals surface area contributed by atoms with Crippen LogP contribution in [0.1, 0.15) is 47.5 Å². The van der Waals surface area contributed by atoms with Gasteiger partial charge >= 0.3 is 0 Å². The normalized spacial score (nSPS) is 22.4. The van der Waals surface area contributed by atoms with Gasteiger partial charge in [-0.05, 0) is 36.0 Å². The van der Waals surface area contributed by atoms with E-state index in [1.807, 2.05) is 0 Å². The van der Waals surface area contributed by atoms with E-state index in [2.05, 4.69) is 34.6 Å². The van der Waals surface area contributed by atoms with E-state index in [1.54, 1.807) is 0 Å². The Balaban J connectivity index is 2.58. The minimum absolute atomic E-state index is 0.523. The van der Waals surface area contributed by atoms with Crippen molar-refractivity contribution in [1.82, 2.24) is 0 Å². The SMILES string of the molecule is CC(C)[C@H](C1CC1)C(C)(C)C. The maximum absolute atomic E-state index is 2.38. The molecular formula is C11H22. The lowest BCUT2D eigenvalue weighted by Crippen LogP contribution is -2.27. The average Bonchev–Trinajstić information content (AvgIpc) is 2.42. The molecule has 0 bridgehead atoms. The molecule has 0 unspecified atom stereocenters. The molecule has 1 fully saturated rings. The zero-order valence-electron chi connectivity index (χ0n) is 8.65. The molecule has 1 rings (SSSR count). The zero-order valence-corrected chi connectivity index (χ0v) is 8.65. The van der Waals surface area contributed by atoms with Crippen molar-refractivity contribution in [2.75, 3.05) is 0 Å². The summed E-state index contributed by atoms with van der Waals surface area (Å²) in [6.07, 6.45) is 2.97. The third kappa shape index (κ3) is 2.21. The number of rotatable bonds is 2. The molecule has 1 saturated carbocycles. The van der Waals surface area contributed by atoms with Crippen molar-refractivity contribution in [3.63, 3.8) is 0 Å². The van der Waals surface area contributed by atoms with E-state index in [-0.39, 0.29) is 0 Å². The lowest BCUT2D eigenvalue weighted by Gasteiger charge is -2.34. The largest absolute Gasteiger partial charge is 0.0625 e. The van der Waals surface area contributed by atoms with Gasteiger partial charge in [0.1, 0.15) is 0 Å². The molecular weight excluding hydrogens is 132 g/mol. The predicted molar refractivity (Wildman–Crippen MR) is 50.5 cm³/mol. The molecule has 11 heavy (non-hydrogen) atoms. The van der Waals surface area contributed by atoms with Gasteiger partial charge in [0.05, 0.1) is 0 Å². The molecule has 0 spiro atoms. The quantitative estimate of drug-likeness (QED) is 0.568. The fourth-order valence-electron chi connectivity index (χ4n) is 2.71. The van der Waals surface area contributed by atoms with Gasteiger partial charge in [-0.15, -0.1) is 0 Å². The minimum atomic E-state index is 0.523. The van der Waals surface area contributed by atoms with E-state index in [0.29, 0.717) is 5.41 Å². The molecule has 66 valence electrons. The van der Waals surface area contributed by atoms with Crippen molar-refractivity contribution < 1.29 is 0 Å². The molecule has 0 heterocycles. The maximum Gasteiger partial charge on any atom is -0.0314 e. The average molecular weight is 154 g/mol. The van der Waals surface area contributed by atoms with E-state index in [9.17, 15) is 0 Å². The topological polar surface area (TPSA) is 0 Å². The molecule has 0 amide bonds. The Labute approximate surface area is 71.4 Å². The molecule has 0 aromatic rings. The monoisotopic (exact) mass is 154 g/mol. The van der Waals surface area contributed by atoms with Crippen LogP contribution in [-0.4, -0.2) is 0 Å². The Morgan fingerprint density at radius 1 is 1.09 bits per heavy atom. The highest BCUT2D eigenvalue weighted by molar-refractivity contribution is 4.89. The summed E-state index contributed by atoms with van der Waals surface area (Å²) in [5, 5.41) is 0. The van der Waals surface area contributed by atoms with Crippen molar-refractivity contribution in [3.8, 4) is 0 Å². The summed E-state index contributed by atoms with van der Waals surface area (Å²) >= 11 is 0. The van der Waals surface area contributed by atoms with Crippen LogP contribution in [0.5, 0.6) is 0 Å². The minimum Gasteiger partial charge on any atom is -0.0625 e. The molecule has 0 nitrogen and oxygen atoms in total. The van der Waals surface area contributed by atoms with Crippen LogP contribution in [0.4, 0.5) is 0 Å². The standard InChI is InChI=1S/C11H22/c1-8(2)10(9-6-7-9)11(3,4)5/h8-10H,6-7H2,1-5H3/t10-/m1/s1. The summed E-state index contributed by atoms with van der Waals surface area (Å²) in [5.74, 6) is 2.86. The van der Waals surface area contributed by atoms with Crippen LogP contribution in [0.2, 0.25) is 0 Å². The Morgan fingerprint density at radius 3 is 1.64 bits per heavy atom. The van der Waals surface area contributed by atoms with E-state index in [0.717, 1.165) is 17.8 Å². The Kier molecular flexibility index (Phi) is 2.32. The van der Waals surface area contributed by atoms with Crippen LogP contribution >= 0.6 is 0 Å². The highest BCUT2D eigenvalue weighted by atomic mass is 14.4. The van der Waals surface area contributed by atoms with Crippen LogP contribution in [-0.2, 0) is 0 Å². The van der Waals surface area contributed by atoms with Crippen molar-refractivity contribution >= 4 is 0 Å². The van der Waals surface area contributed by atoms with E-state index >= 15 is 0 Å². The van der Waals surface area contributed by atoms with Crippen molar-refractivity contribution in [2.24, 2.45) is 23.2 Å². The van der Waals surface area contributed by atoms with Crippen molar-refractivity contribution in [3.05, 3.63) is 0 Å². The summed E-state index contributed by atoms with van der Waals surface area (Å²) in [6, 6.07) is 0. The first-order valence-corrected chi connectivity index (χ1v) is 4.93. The van der Waals surface area contributed by atoms with Crippen molar-refractivity contribution in [1.29, 1.82) is 0 Å². The molecule has 0 heteroatoms. The van der Waals surface area contributed by atoms with Gasteiger partial charge in [0, 0.05) is 0 Å². The van der Waals surface area contributed by atoms with Gasteiger partial charge in [-0.25, -0.2) is 0 Å². The van der Waals surface area contributed by atoms with Crippen LogP contribution in [0.3, 0.4) is 0 Å². The predicted octanol–water partition coefficient (Wildman–Crippen LogP) is 3.71. The first-order valence-electron chi connectivity index (χ1n) is 4.93. The summed E-state index contributed by atoms with van der Waals surface area (Å²) < 4.78 is 0. The first-order chi connectivity index (χ1) is 4.93. The van der Waals surface area contributed by atoms with Crippen LogP contribution in [0.15, 0.2) is 0 Å². The molecule has 0 aromatic carbocycles. The van der Waals surface area contributed by atoms with Gasteiger partial charge in [-0.2, -0.15) is 0 Å². The fraction of sp³-hybridized carbons (Fsp3) is 1.00. The molecule has 0 radical (unpaired) electrons. The zero-order chi connectivity index (χ0) is 8.65. The highest BCUT2D eigenvalue weighted by Gasteiger charge is 2.39. The molecule has 1 aliphatic rings. The number of hydrogen-bond acceptors (Lipinski definition) is 0. The Morgan fingerprint density at radius 2 is 1.55 bits per heavy atom. The molecule has 0 aromatic heterocycles. The second kappa shape index (κ2) is 2.80. The summed E-state index contributed by atoms with van der Waals surface area (Å²) in [5.41, 5.74) is 0.523. The fourth-order valence-corrected chi connectivity index (χ4v) is 2.71. The van der Waals surface area contributed by atoms with E-state index in [4.69, 9.17) is 0 Å².